The van der Waals surface area contributed by atoms with Gasteiger partial charge in [-0.1, -0.05) is 13.3 Å². The average Bonchev–Trinajstić information content (AvgIpc) is 2.14. The molecule has 4 atom stereocenters. The number of ether oxygens (including phenoxy) is 2. The average molecular weight is 201 g/mol. The van der Waals surface area contributed by atoms with Crippen LogP contribution >= 0.6 is 0 Å². The zero-order chi connectivity index (χ0) is 12.8. The first-order chi connectivity index (χ1) is 7.74. The van der Waals surface area contributed by atoms with Gasteiger partial charge in [0.25, 0.3) is 0 Å². The molecule has 0 bridgehead atoms. The van der Waals surface area contributed by atoms with E-state index in [2.05, 4.69) is 6.92 Å². The van der Waals surface area contributed by atoms with Crippen LogP contribution in [0, 0.1) is 11.8 Å². The summed E-state index contributed by atoms with van der Waals surface area (Å²) in [5, 5.41) is 0. The number of fused-ring (bicyclic) bond motifs is 1. The number of hydrogen-bond acceptors (Lipinski definition) is 3. The van der Waals surface area contributed by atoms with Gasteiger partial charge < -0.3 is 9.47 Å². The standard InChI is InChI=1S/C11H18O3/c1-7-4-5-8-9(6-7)13-10(12)14-11(8,2)3/h7-9H,4-6H2,1-3H3/t7-,8-,9+/m0/s1/i2D3/t7-,8-,9+,11+. The highest BCUT2D eigenvalue weighted by molar-refractivity contribution is 5.62. The highest BCUT2D eigenvalue weighted by Crippen LogP contribution is 2.41. The molecule has 2 fully saturated rings. The fourth-order valence-electron chi connectivity index (χ4n) is 2.49. The molecule has 14 heavy (non-hydrogen) atoms. The smallest absolute Gasteiger partial charge is 0.430 e. The summed E-state index contributed by atoms with van der Waals surface area (Å²) in [5.41, 5.74) is -1.41. The molecular formula is C11H18O3. The molecule has 3 nitrogen and oxygen atoms in total. The zero-order valence-electron chi connectivity index (χ0n) is 11.6. The Hall–Kier alpha value is -0.730. The van der Waals surface area contributed by atoms with Gasteiger partial charge in [0, 0.05) is 10.0 Å². The molecule has 0 N–H and O–H groups in total. The van der Waals surface area contributed by atoms with Gasteiger partial charge in [-0.05, 0) is 32.5 Å². The van der Waals surface area contributed by atoms with Crippen molar-refractivity contribution in [1.29, 1.82) is 0 Å². The molecule has 1 aliphatic carbocycles. The van der Waals surface area contributed by atoms with Crippen LogP contribution in [0.3, 0.4) is 0 Å². The molecule has 0 amide bonds. The fraction of sp³-hybridized carbons (Fsp3) is 0.909. The molecule has 2 rings (SSSR count). The van der Waals surface area contributed by atoms with E-state index in [1.54, 1.807) is 0 Å². The Labute approximate surface area is 89.0 Å². The highest BCUT2D eigenvalue weighted by atomic mass is 16.7. The van der Waals surface area contributed by atoms with Crippen LogP contribution in [0.15, 0.2) is 0 Å². The Morgan fingerprint density at radius 1 is 1.57 bits per heavy atom. The molecule has 0 aromatic rings. The van der Waals surface area contributed by atoms with E-state index in [0.717, 1.165) is 19.3 Å². The number of cyclic esters (lactones) is 1. The first-order valence-electron chi connectivity index (χ1n) is 6.63. The van der Waals surface area contributed by atoms with Gasteiger partial charge in [0.2, 0.25) is 0 Å². The lowest BCUT2D eigenvalue weighted by atomic mass is 9.73. The molecule has 80 valence electrons. The van der Waals surface area contributed by atoms with Gasteiger partial charge >= 0.3 is 6.16 Å². The van der Waals surface area contributed by atoms with E-state index in [4.69, 9.17) is 13.6 Å². The Balaban J connectivity index is 2.30. The predicted molar refractivity (Wildman–Crippen MR) is 51.9 cm³/mol. The van der Waals surface area contributed by atoms with Crippen molar-refractivity contribution in [2.75, 3.05) is 0 Å². The lowest BCUT2D eigenvalue weighted by Crippen LogP contribution is -2.52. The topological polar surface area (TPSA) is 35.5 Å². The van der Waals surface area contributed by atoms with E-state index in [1.807, 2.05) is 0 Å². The normalized spacial score (nSPS) is 51.7. The SMILES string of the molecule is [2H]C([2H])([2H])[C@]1(C)OC(=O)O[C@@H]2C[C@@H](C)CC[C@@H]21. The van der Waals surface area contributed by atoms with Gasteiger partial charge in [0.1, 0.15) is 11.7 Å². The summed E-state index contributed by atoms with van der Waals surface area (Å²) in [6.45, 7) is 1.29. The lowest BCUT2D eigenvalue weighted by Gasteiger charge is -2.46. The Kier molecular flexibility index (Phi) is 1.50. The van der Waals surface area contributed by atoms with Gasteiger partial charge in [-0.2, -0.15) is 0 Å². The van der Waals surface area contributed by atoms with E-state index in [0.29, 0.717) is 5.92 Å². The maximum Gasteiger partial charge on any atom is 0.509 e. The van der Waals surface area contributed by atoms with Gasteiger partial charge in [-0.25, -0.2) is 4.79 Å². The Bertz CT molecular complexity index is 328. The molecule has 0 unspecified atom stereocenters. The van der Waals surface area contributed by atoms with Gasteiger partial charge in [0.15, 0.2) is 0 Å². The van der Waals surface area contributed by atoms with Gasteiger partial charge in [-0.15, -0.1) is 0 Å². The molecule has 0 aromatic carbocycles. The van der Waals surface area contributed by atoms with Crippen molar-refractivity contribution in [3.05, 3.63) is 0 Å². The van der Waals surface area contributed by atoms with Crippen LogP contribution < -0.4 is 0 Å². The van der Waals surface area contributed by atoms with Crippen LogP contribution in [0.2, 0.25) is 0 Å². The van der Waals surface area contributed by atoms with Crippen molar-refractivity contribution < 1.29 is 18.4 Å². The second-order valence-electron chi connectivity index (χ2n) is 4.64. The summed E-state index contributed by atoms with van der Waals surface area (Å²) < 4.78 is 32.9. The molecule has 1 aliphatic heterocycles. The quantitative estimate of drug-likeness (QED) is 0.565. The van der Waals surface area contributed by atoms with Crippen molar-refractivity contribution in [3.8, 4) is 0 Å². The molecule has 0 aromatic heterocycles. The maximum absolute atomic E-state index is 11.4. The zero-order valence-corrected chi connectivity index (χ0v) is 8.58. The molecule has 0 radical (unpaired) electrons. The highest BCUT2D eigenvalue weighted by Gasteiger charge is 2.47. The molecule has 1 saturated carbocycles. The summed E-state index contributed by atoms with van der Waals surface area (Å²) in [4.78, 5) is 11.4. The van der Waals surface area contributed by atoms with Crippen molar-refractivity contribution >= 4 is 6.16 Å². The van der Waals surface area contributed by atoms with Crippen LogP contribution in [0.5, 0.6) is 0 Å². The second kappa shape index (κ2) is 3.14. The minimum absolute atomic E-state index is 0.233. The summed E-state index contributed by atoms with van der Waals surface area (Å²) >= 11 is 0. The lowest BCUT2D eigenvalue weighted by molar-refractivity contribution is -0.158. The van der Waals surface area contributed by atoms with Crippen LogP contribution in [-0.2, 0) is 9.47 Å². The minimum atomic E-state index is -2.31. The third-order valence-corrected chi connectivity index (χ3v) is 3.30. The third kappa shape index (κ3) is 1.60. The molecule has 1 saturated heterocycles. The summed E-state index contributed by atoms with van der Waals surface area (Å²) in [7, 11) is 0. The van der Waals surface area contributed by atoms with E-state index < -0.39 is 18.6 Å². The van der Waals surface area contributed by atoms with Crippen LogP contribution in [-0.4, -0.2) is 17.9 Å². The van der Waals surface area contributed by atoms with Gasteiger partial charge in [-0.3, -0.25) is 0 Å². The summed E-state index contributed by atoms with van der Waals surface area (Å²) in [6.07, 6.45) is 1.25. The van der Waals surface area contributed by atoms with Gasteiger partial charge in [0.05, 0.1) is 0 Å². The minimum Gasteiger partial charge on any atom is -0.430 e. The van der Waals surface area contributed by atoms with Crippen molar-refractivity contribution in [2.45, 2.75) is 51.7 Å². The molecule has 0 spiro atoms. The number of carbonyl (C=O) groups excluding carboxylic acids is 1. The molecular weight excluding hydrogens is 180 g/mol. The van der Waals surface area contributed by atoms with Crippen LogP contribution in [0.1, 0.15) is 44.1 Å². The maximum atomic E-state index is 11.4. The summed E-state index contributed by atoms with van der Waals surface area (Å²) in [6, 6.07) is 0. The molecule has 3 heteroatoms. The molecule has 2 aliphatic rings. The van der Waals surface area contributed by atoms with Crippen LogP contribution in [0.4, 0.5) is 4.79 Å². The third-order valence-electron chi connectivity index (χ3n) is 3.30. The van der Waals surface area contributed by atoms with E-state index in [-0.39, 0.29) is 12.0 Å². The van der Waals surface area contributed by atoms with Crippen molar-refractivity contribution in [3.63, 3.8) is 0 Å². The van der Waals surface area contributed by atoms with Crippen molar-refractivity contribution in [1.82, 2.24) is 0 Å². The predicted octanol–water partition coefficient (Wildman–Crippen LogP) is 2.74. The number of carbonyl (C=O) groups is 1. The summed E-state index contributed by atoms with van der Waals surface area (Å²) in [5.74, 6) is 0.229. The largest absolute Gasteiger partial charge is 0.509 e. The van der Waals surface area contributed by atoms with E-state index >= 15 is 0 Å². The van der Waals surface area contributed by atoms with Crippen LogP contribution in [0.25, 0.3) is 0 Å². The van der Waals surface area contributed by atoms with E-state index in [1.165, 1.54) is 6.92 Å². The van der Waals surface area contributed by atoms with E-state index in [9.17, 15) is 4.79 Å². The molecule has 1 heterocycles. The number of hydrogen-bond donors (Lipinski definition) is 0. The monoisotopic (exact) mass is 201 g/mol. The Morgan fingerprint density at radius 3 is 3.07 bits per heavy atom. The fourth-order valence-corrected chi connectivity index (χ4v) is 2.49. The number of rotatable bonds is 0. The Morgan fingerprint density at radius 2 is 2.36 bits per heavy atom. The van der Waals surface area contributed by atoms with Crippen molar-refractivity contribution in [2.24, 2.45) is 11.8 Å². The second-order valence-corrected chi connectivity index (χ2v) is 4.64. The first-order valence-corrected chi connectivity index (χ1v) is 5.13. The first kappa shape index (κ1) is 6.70.